The van der Waals surface area contributed by atoms with E-state index < -0.39 is 0 Å². The molecule has 0 saturated heterocycles. The summed E-state index contributed by atoms with van der Waals surface area (Å²) in [7, 11) is 0. The van der Waals surface area contributed by atoms with Gasteiger partial charge in [0.15, 0.2) is 0 Å². The maximum absolute atomic E-state index is 12.3. The molecular weight excluding hydrogens is 320 g/mol. The van der Waals surface area contributed by atoms with Crippen molar-refractivity contribution in [3.8, 4) is 0 Å². The highest BCUT2D eigenvalue weighted by Gasteiger charge is 2.17. The van der Waals surface area contributed by atoms with E-state index in [0.717, 1.165) is 19.8 Å². The van der Waals surface area contributed by atoms with Gasteiger partial charge in [-0.05, 0) is 43.7 Å². The fourth-order valence-electron chi connectivity index (χ4n) is 1.66. The van der Waals surface area contributed by atoms with Crippen LogP contribution >= 0.6 is 38.9 Å². The monoisotopic (exact) mass is 328 g/mol. The summed E-state index contributed by atoms with van der Waals surface area (Å²) in [5, 5.41) is 0.481. The number of thiophene rings is 1. The minimum atomic E-state index is -0.00176. The summed E-state index contributed by atoms with van der Waals surface area (Å²) in [6, 6.07) is 7.34. The number of hydrogen-bond donors (Lipinski definition) is 0. The van der Waals surface area contributed by atoms with Gasteiger partial charge in [0.1, 0.15) is 0 Å². The average molecular weight is 330 g/mol. The molecule has 0 aliphatic heterocycles. The first-order chi connectivity index (χ1) is 7.99. The van der Waals surface area contributed by atoms with Crippen LogP contribution < -0.4 is 0 Å². The van der Waals surface area contributed by atoms with E-state index in [1.165, 1.54) is 11.3 Å². The summed E-state index contributed by atoms with van der Waals surface area (Å²) < 4.78 is 0.873. The number of aryl methyl sites for hydroxylation is 2. The first kappa shape index (κ1) is 12.8. The lowest BCUT2D eigenvalue weighted by Crippen LogP contribution is -2.01. The van der Waals surface area contributed by atoms with Crippen molar-refractivity contribution in [3.63, 3.8) is 0 Å². The van der Waals surface area contributed by atoms with Crippen molar-refractivity contribution in [3.05, 3.63) is 54.6 Å². The van der Waals surface area contributed by atoms with Crippen molar-refractivity contribution in [2.75, 3.05) is 0 Å². The number of rotatable bonds is 2. The summed E-state index contributed by atoms with van der Waals surface area (Å²) in [4.78, 5) is 14.2. The summed E-state index contributed by atoms with van der Waals surface area (Å²) in [5.74, 6) is -0.00176. The SMILES string of the molecule is Cc1cc(C)c(C(=O)c2ccc(Br)cc2Cl)s1. The molecule has 1 heterocycles. The number of hydrogen-bond acceptors (Lipinski definition) is 2. The van der Waals surface area contributed by atoms with Crippen molar-refractivity contribution in [2.24, 2.45) is 0 Å². The molecular formula is C13H10BrClOS. The third kappa shape index (κ3) is 2.62. The van der Waals surface area contributed by atoms with E-state index in [1.807, 2.05) is 26.0 Å². The molecule has 0 bridgehead atoms. The van der Waals surface area contributed by atoms with E-state index in [9.17, 15) is 4.79 Å². The topological polar surface area (TPSA) is 17.1 Å². The second-order valence-corrected chi connectivity index (χ2v) is 6.40. The van der Waals surface area contributed by atoms with Gasteiger partial charge in [-0.25, -0.2) is 0 Å². The molecule has 2 rings (SSSR count). The van der Waals surface area contributed by atoms with Crippen molar-refractivity contribution in [1.82, 2.24) is 0 Å². The molecule has 2 aromatic rings. The standard InChI is InChI=1S/C13H10BrClOS/c1-7-5-8(2)17-13(7)12(16)10-4-3-9(14)6-11(10)15/h3-6H,1-2H3. The minimum absolute atomic E-state index is 0.00176. The van der Waals surface area contributed by atoms with Gasteiger partial charge >= 0.3 is 0 Å². The Hall–Kier alpha value is -0.640. The molecule has 0 fully saturated rings. The predicted molar refractivity (Wildman–Crippen MR) is 76.4 cm³/mol. The highest BCUT2D eigenvalue weighted by Crippen LogP contribution is 2.28. The van der Waals surface area contributed by atoms with Gasteiger partial charge in [-0.1, -0.05) is 27.5 Å². The Morgan fingerprint density at radius 2 is 2.00 bits per heavy atom. The number of ketones is 1. The molecule has 0 atom stereocenters. The fraction of sp³-hybridized carbons (Fsp3) is 0.154. The molecule has 4 heteroatoms. The van der Waals surface area contributed by atoms with E-state index in [1.54, 1.807) is 12.1 Å². The van der Waals surface area contributed by atoms with Crippen molar-refractivity contribution < 1.29 is 4.79 Å². The lowest BCUT2D eigenvalue weighted by molar-refractivity contribution is 0.104. The van der Waals surface area contributed by atoms with Gasteiger partial charge in [0.25, 0.3) is 0 Å². The van der Waals surface area contributed by atoms with Crippen LogP contribution in [0.15, 0.2) is 28.7 Å². The summed E-state index contributed by atoms with van der Waals surface area (Å²) in [5.41, 5.74) is 1.57. The second kappa shape index (κ2) is 4.92. The van der Waals surface area contributed by atoms with E-state index in [0.29, 0.717) is 10.6 Å². The van der Waals surface area contributed by atoms with Gasteiger partial charge in [-0.3, -0.25) is 4.79 Å². The maximum atomic E-state index is 12.3. The van der Waals surface area contributed by atoms with Gasteiger partial charge in [0, 0.05) is 14.9 Å². The Morgan fingerprint density at radius 1 is 1.29 bits per heavy atom. The summed E-state index contributed by atoms with van der Waals surface area (Å²) in [6.45, 7) is 3.95. The predicted octanol–water partition coefficient (Wildman–Crippen LogP) is 5.01. The third-order valence-electron chi connectivity index (χ3n) is 2.42. The van der Waals surface area contributed by atoms with Gasteiger partial charge < -0.3 is 0 Å². The van der Waals surface area contributed by atoms with Crippen LogP contribution in [-0.2, 0) is 0 Å². The molecule has 1 aromatic heterocycles. The van der Waals surface area contributed by atoms with Crippen LogP contribution in [0.3, 0.4) is 0 Å². The van der Waals surface area contributed by atoms with E-state index in [-0.39, 0.29) is 5.78 Å². The zero-order chi connectivity index (χ0) is 12.6. The van der Waals surface area contributed by atoms with Crippen LogP contribution in [0.4, 0.5) is 0 Å². The molecule has 1 aromatic carbocycles. The van der Waals surface area contributed by atoms with Gasteiger partial charge in [-0.15, -0.1) is 11.3 Å². The quantitative estimate of drug-likeness (QED) is 0.708. The lowest BCUT2D eigenvalue weighted by Gasteiger charge is -2.03. The zero-order valence-corrected chi connectivity index (χ0v) is 12.5. The third-order valence-corrected chi connectivity index (χ3v) is 4.38. The van der Waals surface area contributed by atoms with Gasteiger partial charge in [0.2, 0.25) is 5.78 Å². The first-order valence-corrected chi connectivity index (χ1v) is 7.04. The normalized spacial score (nSPS) is 10.6. The second-order valence-electron chi connectivity index (χ2n) is 3.82. The number of carbonyl (C=O) groups excluding carboxylic acids is 1. The van der Waals surface area contributed by atoms with Gasteiger partial charge in [-0.2, -0.15) is 0 Å². The Labute approximate surface area is 118 Å². The highest BCUT2D eigenvalue weighted by molar-refractivity contribution is 9.10. The van der Waals surface area contributed by atoms with Gasteiger partial charge in [0.05, 0.1) is 9.90 Å². The van der Waals surface area contributed by atoms with Crippen LogP contribution in [0.2, 0.25) is 5.02 Å². The van der Waals surface area contributed by atoms with Crippen LogP contribution in [0.25, 0.3) is 0 Å². The van der Waals surface area contributed by atoms with Crippen molar-refractivity contribution in [2.45, 2.75) is 13.8 Å². The smallest absolute Gasteiger partial charge is 0.204 e. The zero-order valence-electron chi connectivity index (χ0n) is 9.38. The maximum Gasteiger partial charge on any atom is 0.204 e. The summed E-state index contributed by atoms with van der Waals surface area (Å²) >= 11 is 10.9. The molecule has 0 radical (unpaired) electrons. The molecule has 17 heavy (non-hydrogen) atoms. The van der Waals surface area contributed by atoms with Crippen LogP contribution in [0.5, 0.6) is 0 Å². The Bertz CT molecular complexity index is 589. The highest BCUT2D eigenvalue weighted by atomic mass is 79.9. The molecule has 0 saturated carbocycles. The van der Waals surface area contributed by atoms with Crippen LogP contribution in [-0.4, -0.2) is 5.78 Å². The van der Waals surface area contributed by atoms with Crippen LogP contribution in [0, 0.1) is 13.8 Å². The molecule has 0 aliphatic carbocycles. The average Bonchev–Trinajstić information content (AvgIpc) is 2.57. The lowest BCUT2D eigenvalue weighted by atomic mass is 10.1. The van der Waals surface area contributed by atoms with E-state index >= 15 is 0 Å². The largest absolute Gasteiger partial charge is 0.288 e. The summed E-state index contributed by atoms with van der Waals surface area (Å²) in [6.07, 6.45) is 0. The van der Waals surface area contributed by atoms with Crippen LogP contribution in [0.1, 0.15) is 25.7 Å². The molecule has 0 amide bonds. The minimum Gasteiger partial charge on any atom is -0.288 e. The molecule has 0 spiro atoms. The van der Waals surface area contributed by atoms with E-state index in [2.05, 4.69) is 15.9 Å². The Balaban J connectivity index is 2.47. The van der Waals surface area contributed by atoms with Crippen molar-refractivity contribution in [1.29, 1.82) is 0 Å². The number of carbonyl (C=O) groups is 1. The first-order valence-electron chi connectivity index (χ1n) is 5.06. The molecule has 0 aliphatic rings. The molecule has 1 nitrogen and oxygen atoms in total. The Morgan fingerprint density at radius 3 is 2.53 bits per heavy atom. The van der Waals surface area contributed by atoms with E-state index in [4.69, 9.17) is 11.6 Å². The van der Waals surface area contributed by atoms with Crippen molar-refractivity contribution >= 4 is 44.7 Å². The molecule has 0 unspecified atom stereocenters. The molecule has 88 valence electrons. The molecule has 0 N–H and O–H groups in total. The number of benzene rings is 1. The fourth-order valence-corrected chi connectivity index (χ4v) is 3.40. The Kier molecular flexibility index (Phi) is 3.71. The number of halogens is 2.